The van der Waals surface area contributed by atoms with Crippen LogP contribution >= 0.6 is 12.2 Å². The average molecular weight is 417 g/mol. The summed E-state index contributed by atoms with van der Waals surface area (Å²) in [5.41, 5.74) is 1.97. The molecule has 156 valence electrons. The zero-order valence-electron chi connectivity index (χ0n) is 17.1. The van der Waals surface area contributed by atoms with E-state index in [-0.39, 0.29) is 6.10 Å². The summed E-state index contributed by atoms with van der Waals surface area (Å²) in [4.78, 5) is 2.13. The summed E-state index contributed by atoms with van der Waals surface area (Å²) in [5.74, 6) is 2.19. The summed E-state index contributed by atoms with van der Waals surface area (Å²) < 4.78 is 21.9. The highest BCUT2D eigenvalue weighted by Crippen LogP contribution is 2.28. The van der Waals surface area contributed by atoms with Crippen LogP contribution in [0, 0.1) is 0 Å². The molecular weight excluding hydrogens is 388 g/mol. The summed E-state index contributed by atoms with van der Waals surface area (Å²) in [6.45, 7) is 2.17. The number of hydrogen-bond acceptors (Lipinski definition) is 5. The van der Waals surface area contributed by atoms with Gasteiger partial charge in [-0.3, -0.25) is 0 Å². The number of hydrogen-bond donors (Lipinski definition) is 1. The van der Waals surface area contributed by atoms with Gasteiger partial charge in [0.05, 0.1) is 27.4 Å². The monoisotopic (exact) mass is 416 g/mol. The summed E-state index contributed by atoms with van der Waals surface area (Å²) in [5, 5.41) is 3.97. The van der Waals surface area contributed by atoms with Crippen LogP contribution in [-0.4, -0.2) is 50.6 Å². The number of rotatable bonds is 8. The Bertz CT molecular complexity index is 824. The maximum absolute atomic E-state index is 5.85. The Labute approximate surface area is 177 Å². The second kappa shape index (κ2) is 10.3. The Morgan fingerprint density at radius 3 is 2.62 bits per heavy atom. The van der Waals surface area contributed by atoms with E-state index in [0.717, 1.165) is 43.0 Å². The molecule has 1 atom stereocenters. The first-order chi connectivity index (χ1) is 14.1. The normalized spacial score (nSPS) is 15.6. The molecule has 2 aromatic carbocycles. The number of nitrogens with one attached hydrogen (secondary N) is 1. The van der Waals surface area contributed by atoms with Gasteiger partial charge in [-0.2, -0.15) is 0 Å². The molecule has 3 rings (SSSR count). The van der Waals surface area contributed by atoms with E-state index in [1.165, 1.54) is 0 Å². The van der Waals surface area contributed by atoms with Crippen molar-refractivity contribution in [3.63, 3.8) is 0 Å². The minimum Gasteiger partial charge on any atom is -0.497 e. The number of ether oxygens (including phenoxy) is 4. The van der Waals surface area contributed by atoms with E-state index in [9.17, 15) is 0 Å². The minimum atomic E-state index is 0.181. The van der Waals surface area contributed by atoms with Gasteiger partial charge in [0, 0.05) is 31.5 Å². The summed E-state index contributed by atoms with van der Waals surface area (Å²) in [7, 11) is 4.92. The number of anilines is 1. The molecule has 0 saturated carbocycles. The molecule has 0 aromatic heterocycles. The topological polar surface area (TPSA) is 52.2 Å². The molecule has 7 heteroatoms. The summed E-state index contributed by atoms with van der Waals surface area (Å²) in [6, 6.07) is 13.7. The standard InChI is InChI=1S/C22H28N2O4S/c1-25-18-7-4-6-17(13-18)23-22(29)24(15-19-8-5-11-28-19)14-16-9-10-20(26-2)21(12-16)27-3/h4,6-7,9-10,12-13,19H,5,8,11,14-15H2,1-3H3,(H,23,29). The molecule has 2 aromatic rings. The molecule has 1 unspecified atom stereocenters. The van der Waals surface area contributed by atoms with E-state index in [0.29, 0.717) is 23.2 Å². The molecule has 0 bridgehead atoms. The Morgan fingerprint density at radius 2 is 1.93 bits per heavy atom. The van der Waals surface area contributed by atoms with Crippen molar-refractivity contribution < 1.29 is 18.9 Å². The van der Waals surface area contributed by atoms with Gasteiger partial charge in [0.1, 0.15) is 5.75 Å². The fourth-order valence-corrected chi connectivity index (χ4v) is 3.61. The van der Waals surface area contributed by atoms with E-state index < -0.39 is 0 Å². The van der Waals surface area contributed by atoms with Crippen LogP contribution in [-0.2, 0) is 11.3 Å². The smallest absolute Gasteiger partial charge is 0.173 e. The predicted molar refractivity (Wildman–Crippen MR) is 118 cm³/mol. The van der Waals surface area contributed by atoms with E-state index in [1.807, 2.05) is 42.5 Å². The first kappa shape index (κ1) is 21.2. The molecular formula is C22H28N2O4S. The van der Waals surface area contributed by atoms with Crippen LogP contribution in [0.25, 0.3) is 0 Å². The van der Waals surface area contributed by atoms with Crippen molar-refractivity contribution in [1.82, 2.24) is 4.90 Å². The lowest BCUT2D eigenvalue weighted by Crippen LogP contribution is -2.39. The van der Waals surface area contributed by atoms with Crippen LogP contribution in [0.15, 0.2) is 42.5 Å². The molecule has 1 heterocycles. The number of benzene rings is 2. The molecule has 1 N–H and O–H groups in total. The highest BCUT2D eigenvalue weighted by Gasteiger charge is 2.22. The van der Waals surface area contributed by atoms with Crippen LogP contribution in [0.3, 0.4) is 0 Å². The Kier molecular flexibility index (Phi) is 7.55. The molecule has 1 fully saturated rings. The summed E-state index contributed by atoms with van der Waals surface area (Å²) in [6.07, 6.45) is 2.31. The Hall–Kier alpha value is -2.51. The van der Waals surface area contributed by atoms with Crippen molar-refractivity contribution >= 4 is 23.0 Å². The van der Waals surface area contributed by atoms with Gasteiger partial charge < -0.3 is 29.2 Å². The van der Waals surface area contributed by atoms with Crippen molar-refractivity contribution in [2.24, 2.45) is 0 Å². The second-order valence-electron chi connectivity index (χ2n) is 6.87. The van der Waals surface area contributed by atoms with Gasteiger partial charge in [-0.15, -0.1) is 0 Å². The van der Waals surface area contributed by atoms with E-state index in [2.05, 4.69) is 10.2 Å². The van der Waals surface area contributed by atoms with Gasteiger partial charge in [-0.25, -0.2) is 0 Å². The van der Waals surface area contributed by atoms with Crippen molar-refractivity contribution in [3.05, 3.63) is 48.0 Å². The lowest BCUT2D eigenvalue weighted by atomic mass is 10.1. The van der Waals surface area contributed by atoms with Gasteiger partial charge in [0.2, 0.25) is 0 Å². The van der Waals surface area contributed by atoms with Crippen LogP contribution in [0.1, 0.15) is 18.4 Å². The van der Waals surface area contributed by atoms with Crippen LogP contribution < -0.4 is 19.5 Å². The molecule has 0 radical (unpaired) electrons. The third-order valence-corrected chi connectivity index (χ3v) is 5.24. The maximum Gasteiger partial charge on any atom is 0.173 e. The first-order valence-corrected chi connectivity index (χ1v) is 10.1. The van der Waals surface area contributed by atoms with Crippen LogP contribution in [0.4, 0.5) is 5.69 Å². The Balaban J connectivity index is 1.77. The third kappa shape index (κ3) is 5.74. The maximum atomic E-state index is 5.85. The van der Waals surface area contributed by atoms with E-state index >= 15 is 0 Å². The quantitative estimate of drug-likeness (QED) is 0.651. The molecule has 0 aliphatic carbocycles. The van der Waals surface area contributed by atoms with Crippen molar-refractivity contribution in [2.45, 2.75) is 25.5 Å². The van der Waals surface area contributed by atoms with Gasteiger partial charge in [0.15, 0.2) is 16.6 Å². The first-order valence-electron chi connectivity index (χ1n) is 9.65. The highest BCUT2D eigenvalue weighted by atomic mass is 32.1. The zero-order chi connectivity index (χ0) is 20.6. The molecule has 1 saturated heterocycles. The largest absolute Gasteiger partial charge is 0.497 e. The van der Waals surface area contributed by atoms with Gasteiger partial charge in [0.25, 0.3) is 0 Å². The molecule has 1 aliphatic heterocycles. The number of nitrogens with zero attached hydrogens (tertiary/aromatic N) is 1. The van der Waals surface area contributed by atoms with Gasteiger partial charge in [-0.1, -0.05) is 12.1 Å². The molecule has 6 nitrogen and oxygen atoms in total. The fourth-order valence-electron chi connectivity index (χ4n) is 3.36. The second-order valence-corrected chi connectivity index (χ2v) is 7.25. The molecule has 0 amide bonds. The minimum absolute atomic E-state index is 0.181. The molecule has 29 heavy (non-hydrogen) atoms. The predicted octanol–water partition coefficient (Wildman–Crippen LogP) is 4.09. The average Bonchev–Trinajstić information content (AvgIpc) is 3.26. The van der Waals surface area contributed by atoms with Gasteiger partial charge >= 0.3 is 0 Å². The lowest BCUT2D eigenvalue weighted by Gasteiger charge is -2.28. The van der Waals surface area contributed by atoms with Gasteiger partial charge in [-0.05, 0) is 54.9 Å². The van der Waals surface area contributed by atoms with E-state index in [4.69, 9.17) is 31.2 Å². The zero-order valence-corrected chi connectivity index (χ0v) is 18.0. The number of thiocarbonyl (C=S) groups is 1. The summed E-state index contributed by atoms with van der Waals surface area (Å²) >= 11 is 5.74. The third-order valence-electron chi connectivity index (χ3n) is 4.88. The Morgan fingerprint density at radius 1 is 1.10 bits per heavy atom. The van der Waals surface area contributed by atoms with E-state index in [1.54, 1.807) is 21.3 Å². The van der Waals surface area contributed by atoms with Crippen molar-refractivity contribution in [2.75, 3.05) is 39.8 Å². The SMILES string of the molecule is COc1cccc(NC(=S)N(Cc2ccc(OC)c(OC)c2)CC2CCCO2)c1. The van der Waals surface area contributed by atoms with Crippen LogP contribution in [0.5, 0.6) is 17.2 Å². The molecule has 0 spiro atoms. The number of methoxy groups -OCH3 is 3. The van der Waals surface area contributed by atoms with Crippen molar-refractivity contribution in [3.8, 4) is 17.2 Å². The van der Waals surface area contributed by atoms with Crippen molar-refractivity contribution in [1.29, 1.82) is 0 Å². The highest BCUT2D eigenvalue weighted by molar-refractivity contribution is 7.80. The van der Waals surface area contributed by atoms with Crippen LogP contribution in [0.2, 0.25) is 0 Å². The lowest BCUT2D eigenvalue weighted by molar-refractivity contribution is 0.0905. The fraction of sp³-hybridized carbons (Fsp3) is 0.409. The molecule has 1 aliphatic rings.